The van der Waals surface area contributed by atoms with Gasteiger partial charge in [0.05, 0.1) is 6.54 Å². The van der Waals surface area contributed by atoms with E-state index in [2.05, 4.69) is 15.6 Å². The van der Waals surface area contributed by atoms with Gasteiger partial charge in [0.15, 0.2) is 0 Å². The summed E-state index contributed by atoms with van der Waals surface area (Å²) in [4.78, 5) is 38.7. The lowest BCUT2D eigenvalue weighted by molar-refractivity contribution is -0.130. The molecule has 7 nitrogen and oxygen atoms in total. The smallest absolute Gasteiger partial charge is 0.251 e. The molecule has 1 fully saturated rings. The van der Waals surface area contributed by atoms with Crippen LogP contribution in [0.25, 0.3) is 0 Å². The van der Waals surface area contributed by atoms with Gasteiger partial charge in [-0.25, -0.2) is 0 Å². The molecule has 0 unspecified atom stereocenters. The van der Waals surface area contributed by atoms with E-state index in [4.69, 9.17) is 0 Å². The van der Waals surface area contributed by atoms with E-state index in [-0.39, 0.29) is 23.6 Å². The van der Waals surface area contributed by atoms with Crippen LogP contribution >= 0.6 is 0 Å². The highest BCUT2D eigenvalue weighted by Gasteiger charge is 2.16. The zero-order chi connectivity index (χ0) is 13.7. The number of amides is 2. The van der Waals surface area contributed by atoms with E-state index in [1.807, 2.05) is 0 Å². The summed E-state index contributed by atoms with van der Waals surface area (Å²) in [5.74, 6) is -0.533. The molecule has 0 atom stereocenters. The Morgan fingerprint density at radius 3 is 2.74 bits per heavy atom. The van der Waals surface area contributed by atoms with Crippen molar-refractivity contribution in [1.29, 1.82) is 0 Å². The first-order valence-corrected chi connectivity index (χ1v) is 6.12. The standard InChI is InChI=1S/C12H16N4O3/c17-10-7-9(1-2-14-10)12(19)15-8-11(18)16-5-3-13-4-6-16/h1-2,7,13H,3-6,8H2,(H,14,17)(H,15,19). The molecule has 0 bridgehead atoms. The third kappa shape index (κ3) is 3.65. The van der Waals surface area contributed by atoms with Gasteiger partial charge in [-0.1, -0.05) is 0 Å². The van der Waals surface area contributed by atoms with E-state index >= 15 is 0 Å². The molecule has 2 amide bonds. The third-order valence-corrected chi connectivity index (χ3v) is 2.91. The van der Waals surface area contributed by atoms with E-state index < -0.39 is 5.91 Å². The average molecular weight is 264 g/mol. The lowest BCUT2D eigenvalue weighted by atomic mass is 10.2. The van der Waals surface area contributed by atoms with Gasteiger partial charge >= 0.3 is 0 Å². The van der Waals surface area contributed by atoms with Crippen molar-refractivity contribution in [3.05, 3.63) is 34.2 Å². The molecule has 7 heteroatoms. The minimum absolute atomic E-state index is 0.0500. The number of rotatable bonds is 3. The number of piperazine rings is 1. The third-order valence-electron chi connectivity index (χ3n) is 2.91. The molecule has 19 heavy (non-hydrogen) atoms. The second kappa shape index (κ2) is 6.14. The molecule has 1 aliphatic rings. The topological polar surface area (TPSA) is 94.3 Å². The molecule has 2 rings (SSSR count). The molecule has 1 aromatic rings. The van der Waals surface area contributed by atoms with Crippen LogP contribution in [-0.4, -0.2) is 54.4 Å². The second-order valence-electron chi connectivity index (χ2n) is 4.26. The summed E-state index contributed by atoms with van der Waals surface area (Å²) in [6.07, 6.45) is 1.40. The van der Waals surface area contributed by atoms with Crippen molar-refractivity contribution >= 4 is 11.8 Å². The molecule has 0 radical (unpaired) electrons. The Kier molecular flexibility index (Phi) is 4.30. The van der Waals surface area contributed by atoms with E-state index in [1.165, 1.54) is 18.3 Å². The summed E-state index contributed by atoms with van der Waals surface area (Å²) >= 11 is 0. The molecule has 102 valence electrons. The van der Waals surface area contributed by atoms with E-state index in [9.17, 15) is 14.4 Å². The lowest BCUT2D eigenvalue weighted by Gasteiger charge is -2.27. The van der Waals surface area contributed by atoms with Gasteiger partial charge in [-0.3, -0.25) is 14.4 Å². The number of carbonyl (C=O) groups is 2. The minimum atomic E-state index is -0.422. The zero-order valence-corrected chi connectivity index (χ0v) is 10.4. The van der Waals surface area contributed by atoms with Crippen molar-refractivity contribution in [3.63, 3.8) is 0 Å². The highest BCUT2D eigenvalue weighted by Crippen LogP contribution is 1.95. The van der Waals surface area contributed by atoms with E-state index in [0.717, 1.165) is 13.1 Å². The Bertz CT molecular complexity index is 520. The zero-order valence-electron chi connectivity index (χ0n) is 10.4. The van der Waals surface area contributed by atoms with Crippen LogP contribution in [0.5, 0.6) is 0 Å². The number of aromatic nitrogens is 1. The van der Waals surface area contributed by atoms with Gasteiger partial charge in [0.25, 0.3) is 5.91 Å². The molecule has 2 heterocycles. The first-order valence-electron chi connectivity index (χ1n) is 6.12. The number of pyridine rings is 1. The van der Waals surface area contributed by atoms with Crippen LogP contribution in [0.1, 0.15) is 10.4 Å². The predicted octanol–water partition coefficient (Wildman–Crippen LogP) is -1.46. The van der Waals surface area contributed by atoms with Gasteiger partial charge in [0.2, 0.25) is 11.5 Å². The fourth-order valence-corrected chi connectivity index (χ4v) is 1.87. The Labute approximate surface area is 110 Å². The van der Waals surface area contributed by atoms with Gasteiger partial charge in [0.1, 0.15) is 0 Å². The fraction of sp³-hybridized carbons (Fsp3) is 0.417. The number of H-pyrrole nitrogens is 1. The molecule has 0 spiro atoms. The van der Waals surface area contributed by atoms with Crippen LogP contribution in [0.15, 0.2) is 23.1 Å². The predicted molar refractivity (Wildman–Crippen MR) is 68.8 cm³/mol. The van der Waals surface area contributed by atoms with Crippen LogP contribution < -0.4 is 16.2 Å². The van der Waals surface area contributed by atoms with Crippen LogP contribution in [0.4, 0.5) is 0 Å². The van der Waals surface area contributed by atoms with Crippen molar-refractivity contribution in [2.24, 2.45) is 0 Å². The first kappa shape index (κ1) is 13.3. The second-order valence-corrected chi connectivity index (χ2v) is 4.26. The molecular formula is C12H16N4O3. The van der Waals surface area contributed by atoms with Crippen molar-refractivity contribution in [1.82, 2.24) is 20.5 Å². The Hall–Kier alpha value is -2.15. The van der Waals surface area contributed by atoms with Crippen LogP contribution in [0.2, 0.25) is 0 Å². The molecule has 3 N–H and O–H groups in total. The Morgan fingerprint density at radius 1 is 1.32 bits per heavy atom. The quantitative estimate of drug-likeness (QED) is 0.621. The lowest BCUT2D eigenvalue weighted by Crippen LogP contribution is -2.49. The molecule has 1 aromatic heterocycles. The minimum Gasteiger partial charge on any atom is -0.343 e. The largest absolute Gasteiger partial charge is 0.343 e. The average Bonchev–Trinajstić information content (AvgIpc) is 2.45. The Morgan fingerprint density at radius 2 is 2.05 bits per heavy atom. The van der Waals surface area contributed by atoms with Gasteiger partial charge in [-0.2, -0.15) is 0 Å². The monoisotopic (exact) mass is 264 g/mol. The summed E-state index contributed by atoms with van der Waals surface area (Å²) in [6.45, 7) is 2.80. The summed E-state index contributed by atoms with van der Waals surface area (Å²) < 4.78 is 0. The maximum absolute atomic E-state index is 11.8. The van der Waals surface area contributed by atoms with Gasteiger partial charge in [-0.15, -0.1) is 0 Å². The van der Waals surface area contributed by atoms with Crippen molar-refractivity contribution in [2.75, 3.05) is 32.7 Å². The summed E-state index contributed by atoms with van der Waals surface area (Å²) in [6, 6.07) is 2.69. The maximum atomic E-state index is 11.8. The number of aromatic amines is 1. The van der Waals surface area contributed by atoms with Gasteiger partial charge in [-0.05, 0) is 6.07 Å². The van der Waals surface area contributed by atoms with Crippen LogP contribution in [-0.2, 0) is 4.79 Å². The van der Waals surface area contributed by atoms with Crippen molar-refractivity contribution in [2.45, 2.75) is 0 Å². The molecule has 0 aliphatic carbocycles. The van der Waals surface area contributed by atoms with E-state index in [1.54, 1.807) is 4.90 Å². The molecule has 1 aliphatic heterocycles. The highest BCUT2D eigenvalue weighted by atomic mass is 16.2. The molecule has 1 saturated heterocycles. The number of nitrogens with one attached hydrogen (secondary N) is 3. The van der Waals surface area contributed by atoms with Gasteiger partial charge < -0.3 is 20.5 Å². The Balaban J connectivity index is 1.86. The number of hydrogen-bond acceptors (Lipinski definition) is 4. The maximum Gasteiger partial charge on any atom is 0.251 e. The normalized spacial score (nSPS) is 15.1. The molecular weight excluding hydrogens is 248 g/mol. The van der Waals surface area contributed by atoms with Gasteiger partial charge in [0, 0.05) is 44.0 Å². The first-order chi connectivity index (χ1) is 9.16. The van der Waals surface area contributed by atoms with Crippen molar-refractivity contribution in [3.8, 4) is 0 Å². The SMILES string of the molecule is O=C(NCC(=O)N1CCNCC1)c1cc[nH]c(=O)c1. The number of nitrogens with zero attached hydrogens (tertiary/aromatic N) is 1. The fourth-order valence-electron chi connectivity index (χ4n) is 1.87. The van der Waals surface area contributed by atoms with E-state index in [0.29, 0.717) is 13.1 Å². The molecule has 0 aromatic carbocycles. The van der Waals surface area contributed by atoms with Crippen LogP contribution in [0.3, 0.4) is 0 Å². The summed E-state index contributed by atoms with van der Waals surface area (Å²) in [7, 11) is 0. The summed E-state index contributed by atoms with van der Waals surface area (Å²) in [5, 5.41) is 5.67. The van der Waals surface area contributed by atoms with Crippen molar-refractivity contribution < 1.29 is 9.59 Å². The summed E-state index contributed by atoms with van der Waals surface area (Å²) in [5.41, 5.74) is -0.0991. The van der Waals surface area contributed by atoms with Crippen LogP contribution in [0, 0.1) is 0 Å². The highest BCUT2D eigenvalue weighted by molar-refractivity contribution is 5.96. The number of carbonyl (C=O) groups excluding carboxylic acids is 2. The number of hydrogen-bond donors (Lipinski definition) is 3. The molecule has 0 saturated carbocycles.